The first-order chi connectivity index (χ1) is 19.6. The van der Waals surface area contributed by atoms with E-state index in [1.165, 1.54) is 55.5 Å². The van der Waals surface area contributed by atoms with Crippen LogP contribution in [0.25, 0.3) is 0 Å². The molecule has 0 radical (unpaired) electrons. The standard InChI is InChI=1S/C30H36FN3O6S/c1-5-17-32-30(36)26(18-22-11-7-6-8-12-22)33(20-23-13-9-10-14-25(23)31)29(35)21-34(41(4,37)38)24-15-16-27(39-2)28(19-24)40-3/h6-16,19,26H,5,17-18,20-21H2,1-4H3,(H,32,36). The van der Waals surface area contributed by atoms with Crippen LogP contribution < -0.4 is 19.1 Å². The normalized spacial score (nSPS) is 11.8. The molecule has 1 unspecified atom stereocenters. The van der Waals surface area contributed by atoms with Gasteiger partial charge in [0, 0.05) is 31.1 Å². The van der Waals surface area contributed by atoms with E-state index >= 15 is 0 Å². The topological polar surface area (TPSA) is 105 Å². The zero-order valence-corrected chi connectivity index (χ0v) is 24.5. The molecule has 2 amide bonds. The first kappa shape index (κ1) is 31.4. The predicted molar refractivity (Wildman–Crippen MR) is 156 cm³/mol. The van der Waals surface area contributed by atoms with E-state index in [1.54, 1.807) is 6.07 Å². The van der Waals surface area contributed by atoms with E-state index in [1.807, 2.05) is 37.3 Å². The van der Waals surface area contributed by atoms with Gasteiger partial charge in [0.1, 0.15) is 18.4 Å². The van der Waals surface area contributed by atoms with Crippen molar-refractivity contribution < 1.29 is 31.9 Å². The van der Waals surface area contributed by atoms with E-state index in [0.717, 1.165) is 16.1 Å². The van der Waals surface area contributed by atoms with Gasteiger partial charge in [-0.15, -0.1) is 0 Å². The van der Waals surface area contributed by atoms with Gasteiger partial charge in [0.2, 0.25) is 21.8 Å². The largest absolute Gasteiger partial charge is 0.493 e. The Hall–Kier alpha value is -4.12. The number of methoxy groups -OCH3 is 2. The molecule has 0 aliphatic rings. The highest BCUT2D eigenvalue weighted by atomic mass is 32.2. The van der Waals surface area contributed by atoms with Crippen LogP contribution >= 0.6 is 0 Å². The summed E-state index contributed by atoms with van der Waals surface area (Å²) >= 11 is 0. The number of carbonyl (C=O) groups is 2. The third-order valence-electron chi connectivity index (χ3n) is 6.45. The van der Waals surface area contributed by atoms with E-state index < -0.39 is 40.2 Å². The first-order valence-electron chi connectivity index (χ1n) is 13.1. The van der Waals surface area contributed by atoms with Gasteiger partial charge in [-0.2, -0.15) is 0 Å². The molecule has 0 aliphatic heterocycles. The van der Waals surface area contributed by atoms with Crippen molar-refractivity contribution >= 4 is 27.5 Å². The van der Waals surface area contributed by atoms with Crippen LogP contribution in [0.4, 0.5) is 10.1 Å². The van der Waals surface area contributed by atoms with E-state index in [2.05, 4.69) is 5.32 Å². The molecule has 11 heteroatoms. The van der Waals surface area contributed by atoms with Crippen molar-refractivity contribution in [3.8, 4) is 11.5 Å². The van der Waals surface area contributed by atoms with Gasteiger partial charge in [-0.05, 0) is 30.2 Å². The van der Waals surface area contributed by atoms with E-state index in [0.29, 0.717) is 18.7 Å². The second kappa shape index (κ2) is 14.5. The number of anilines is 1. The SMILES string of the molecule is CCCNC(=O)C(Cc1ccccc1)N(Cc1ccccc1F)C(=O)CN(c1ccc(OC)c(OC)c1)S(C)(=O)=O. The van der Waals surface area contributed by atoms with Gasteiger partial charge >= 0.3 is 0 Å². The lowest BCUT2D eigenvalue weighted by atomic mass is 10.0. The van der Waals surface area contributed by atoms with Crippen molar-refractivity contribution in [2.24, 2.45) is 0 Å². The second-order valence-corrected chi connectivity index (χ2v) is 11.3. The third kappa shape index (κ3) is 8.43. The van der Waals surface area contributed by atoms with Crippen molar-refractivity contribution in [3.63, 3.8) is 0 Å². The minimum Gasteiger partial charge on any atom is -0.493 e. The van der Waals surface area contributed by atoms with Crippen LogP contribution in [0, 0.1) is 5.82 Å². The van der Waals surface area contributed by atoms with Crippen molar-refractivity contribution in [2.75, 3.05) is 37.9 Å². The summed E-state index contributed by atoms with van der Waals surface area (Å²) in [6.45, 7) is 1.41. The van der Waals surface area contributed by atoms with Crippen LogP contribution in [0.1, 0.15) is 24.5 Å². The lowest BCUT2D eigenvalue weighted by molar-refractivity contribution is -0.140. The Labute approximate surface area is 240 Å². The number of halogens is 1. The Morgan fingerprint density at radius 1 is 0.951 bits per heavy atom. The smallest absolute Gasteiger partial charge is 0.244 e. The third-order valence-corrected chi connectivity index (χ3v) is 7.59. The number of amides is 2. The fraction of sp³-hybridized carbons (Fsp3) is 0.333. The van der Waals surface area contributed by atoms with Crippen molar-refractivity contribution in [1.29, 1.82) is 0 Å². The summed E-state index contributed by atoms with van der Waals surface area (Å²) in [5.41, 5.74) is 1.15. The molecule has 3 aromatic carbocycles. The zero-order chi connectivity index (χ0) is 30.0. The molecule has 0 bridgehead atoms. The Morgan fingerprint density at radius 2 is 1.61 bits per heavy atom. The van der Waals surface area contributed by atoms with E-state index in [-0.39, 0.29) is 30.0 Å². The Morgan fingerprint density at radius 3 is 2.22 bits per heavy atom. The number of benzene rings is 3. The summed E-state index contributed by atoms with van der Waals surface area (Å²) in [6, 6.07) is 18.5. The van der Waals surface area contributed by atoms with Gasteiger partial charge in [0.05, 0.1) is 26.2 Å². The highest BCUT2D eigenvalue weighted by Crippen LogP contribution is 2.32. The minimum atomic E-state index is -3.98. The van der Waals surface area contributed by atoms with Gasteiger partial charge < -0.3 is 19.7 Å². The van der Waals surface area contributed by atoms with Gasteiger partial charge in [-0.1, -0.05) is 55.5 Å². The molecule has 0 spiro atoms. The summed E-state index contributed by atoms with van der Waals surface area (Å²) in [6.07, 6.45) is 1.80. The van der Waals surface area contributed by atoms with Crippen molar-refractivity contribution in [2.45, 2.75) is 32.4 Å². The molecule has 0 saturated heterocycles. The average molecular weight is 586 g/mol. The monoisotopic (exact) mass is 585 g/mol. The molecule has 41 heavy (non-hydrogen) atoms. The number of hydrogen-bond donors (Lipinski definition) is 1. The maximum absolute atomic E-state index is 14.8. The molecule has 3 aromatic rings. The highest BCUT2D eigenvalue weighted by Gasteiger charge is 2.33. The summed E-state index contributed by atoms with van der Waals surface area (Å²) in [5, 5.41) is 2.84. The molecule has 3 rings (SSSR count). The van der Waals surface area contributed by atoms with Gasteiger partial charge in [-0.3, -0.25) is 13.9 Å². The average Bonchev–Trinajstić information content (AvgIpc) is 2.96. The van der Waals surface area contributed by atoms with Gasteiger partial charge in [-0.25, -0.2) is 12.8 Å². The van der Waals surface area contributed by atoms with Crippen LogP contribution in [-0.4, -0.2) is 64.7 Å². The maximum Gasteiger partial charge on any atom is 0.244 e. The number of nitrogens with one attached hydrogen (secondary N) is 1. The summed E-state index contributed by atoms with van der Waals surface area (Å²) in [5.74, 6) is -0.987. The number of sulfonamides is 1. The van der Waals surface area contributed by atoms with Crippen LogP contribution in [0.5, 0.6) is 11.5 Å². The molecular formula is C30H36FN3O6S. The van der Waals surface area contributed by atoms with Gasteiger partial charge in [0.15, 0.2) is 11.5 Å². The van der Waals surface area contributed by atoms with Crippen LogP contribution in [0.3, 0.4) is 0 Å². The van der Waals surface area contributed by atoms with Gasteiger partial charge in [0.25, 0.3) is 0 Å². The summed E-state index contributed by atoms with van der Waals surface area (Å²) in [7, 11) is -1.11. The van der Waals surface area contributed by atoms with Crippen LogP contribution in [-0.2, 0) is 32.6 Å². The molecular weight excluding hydrogens is 549 g/mol. The fourth-order valence-electron chi connectivity index (χ4n) is 4.32. The molecule has 220 valence electrons. The number of ether oxygens (including phenoxy) is 2. The number of carbonyl (C=O) groups excluding carboxylic acids is 2. The molecule has 0 aliphatic carbocycles. The number of nitrogens with zero attached hydrogens (tertiary/aromatic N) is 2. The number of rotatable bonds is 14. The van der Waals surface area contributed by atoms with Crippen LogP contribution in [0.2, 0.25) is 0 Å². The molecule has 1 N–H and O–H groups in total. The lowest BCUT2D eigenvalue weighted by Crippen LogP contribution is -2.53. The summed E-state index contributed by atoms with van der Waals surface area (Å²) in [4.78, 5) is 28.8. The fourth-order valence-corrected chi connectivity index (χ4v) is 5.17. The van der Waals surface area contributed by atoms with Crippen LogP contribution in [0.15, 0.2) is 72.8 Å². The maximum atomic E-state index is 14.8. The van der Waals surface area contributed by atoms with E-state index in [4.69, 9.17) is 9.47 Å². The molecule has 0 aromatic heterocycles. The zero-order valence-electron chi connectivity index (χ0n) is 23.7. The predicted octanol–water partition coefficient (Wildman–Crippen LogP) is 3.78. The quantitative estimate of drug-likeness (QED) is 0.309. The highest BCUT2D eigenvalue weighted by molar-refractivity contribution is 7.92. The van der Waals surface area contributed by atoms with Crippen molar-refractivity contribution in [1.82, 2.24) is 10.2 Å². The summed E-state index contributed by atoms with van der Waals surface area (Å²) < 4.78 is 52.2. The Balaban J connectivity index is 2.07. The molecule has 0 saturated carbocycles. The molecule has 0 fully saturated rings. The second-order valence-electron chi connectivity index (χ2n) is 9.42. The minimum absolute atomic E-state index is 0.145. The molecule has 9 nitrogen and oxygen atoms in total. The van der Waals surface area contributed by atoms with E-state index in [9.17, 15) is 22.4 Å². The first-order valence-corrected chi connectivity index (χ1v) is 15.0. The molecule has 0 heterocycles. The van der Waals surface area contributed by atoms with Crippen molar-refractivity contribution in [3.05, 3.63) is 89.7 Å². The Kier molecular flexibility index (Phi) is 11.1. The molecule has 1 atom stereocenters. The lowest BCUT2D eigenvalue weighted by Gasteiger charge is -2.33. The number of hydrogen-bond acceptors (Lipinski definition) is 6. The Bertz CT molecular complexity index is 1440.